The summed E-state index contributed by atoms with van der Waals surface area (Å²) in [4.78, 5) is 2.44. The number of methoxy groups -OCH3 is 1. The third-order valence-electron chi connectivity index (χ3n) is 5.23. The second kappa shape index (κ2) is 6.63. The quantitative estimate of drug-likeness (QED) is 0.905. The summed E-state index contributed by atoms with van der Waals surface area (Å²) in [5, 5.41) is 18.1. The van der Waals surface area contributed by atoms with E-state index in [0.717, 1.165) is 49.7 Å². The number of likely N-dealkylation sites (tertiary alicyclic amines) is 1. The Morgan fingerprint density at radius 2 is 2.00 bits per heavy atom. The minimum Gasteiger partial charge on any atom is -0.392 e. The van der Waals surface area contributed by atoms with E-state index in [1.807, 2.05) is 12.1 Å². The fraction of sp³-hybridized carbons (Fsp3) is 0.556. The zero-order valence-electron chi connectivity index (χ0n) is 14.1. The number of aliphatic hydroxyl groups is 1. The Labute approximate surface area is 142 Å². The summed E-state index contributed by atoms with van der Waals surface area (Å²) in [5.41, 5.74) is 2.19. The molecule has 4 rings (SSSR count). The molecule has 6 heteroatoms. The number of hydrogen-bond donors (Lipinski definition) is 1. The molecule has 0 amide bonds. The Bertz CT molecular complexity index is 698. The molecule has 128 valence electrons. The van der Waals surface area contributed by atoms with Gasteiger partial charge >= 0.3 is 0 Å². The molecule has 6 nitrogen and oxygen atoms in total. The van der Waals surface area contributed by atoms with Crippen LogP contribution in [0.15, 0.2) is 24.3 Å². The lowest BCUT2D eigenvalue weighted by molar-refractivity contribution is 0.107. The number of ether oxygens (including phenoxy) is 1. The zero-order chi connectivity index (χ0) is 16.5. The van der Waals surface area contributed by atoms with Crippen molar-refractivity contribution < 1.29 is 9.84 Å². The normalized spacial score (nSPS) is 23.8. The minimum absolute atomic E-state index is 0.0875. The molecule has 2 aliphatic rings. The molecule has 0 spiro atoms. The Morgan fingerprint density at radius 3 is 2.75 bits per heavy atom. The summed E-state index contributed by atoms with van der Waals surface area (Å²) in [6, 6.07) is 8.42. The Balaban J connectivity index is 1.56. The van der Waals surface area contributed by atoms with E-state index in [4.69, 9.17) is 4.74 Å². The second-order valence-electron chi connectivity index (χ2n) is 6.74. The predicted octanol–water partition coefficient (Wildman–Crippen LogP) is 1.68. The van der Waals surface area contributed by atoms with Crippen molar-refractivity contribution in [3.05, 3.63) is 47.0 Å². The van der Waals surface area contributed by atoms with Gasteiger partial charge in [-0.1, -0.05) is 24.3 Å². The number of aromatic nitrogens is 3. The van der Waals surface area contributed by atoms with Gasteiger partial charge in [0, 0.05) is 33.2 Å². The van der Waals surface area contributed by atoms with Crippen LogP contribution in [0.2, 0.25) is 0 Å². The fourth-order valence-corrected chi connectivity index (χ4v) is 3.88. The van der Waals surface area contributed by atoms with E-state index in [1.165, 1.54) is 12.0 Å². The van der Waals surface area contributed by atoms with Crippen LogP contribution in [0.5, 0.6) is 0 Å². The zero-order valence-corrected chi connectivity index (χ0v) is 14.1. The number of aliphatic hydroxyl groups excluding tert-OH is 1. The van der Waals surface area contributed by atoms with Gasteiger partial charge in [0.05, 0.1) is 18.8 Å². The maximum Gasteiger partial charge on any atom is 0.150 e. The summed E-state index contributed by atoms with van der Waals surface area (Å²) in [6.45, 7) is 2.89. The maximum absolute atomic E-state index is 9.19. The van der Waals surface area contributed by atoms with Crippen molar-refractivity contribution in [2.75, 3.05) is 13.7 Å². The van der Waals surface area contributed by atoms with Crippen molar-refractivity contribution in [2.24, 2.45) is 0 Å². The molecule has 2 atom stereocenters. The average molecular weight is 328 g/mol. The van der Waals surface area contributed by atoms with Crippen LogP contribution in [0.3, 0.4) is 0 Å². The van der Waals surface area contributed by atoms with Gasteiger partial charge in [0.1, 0.15) is 5.82 Å². The number of benzene rings is 1. The summed E-state index contributed by atoms with van der Waals surface area (Å²) in [7, 11) is 1.79. The number of aryl methyl sites for hydroxylation is 1. The average Bonchev–Trinajstić information content (AvgIpc) is 3.31. The molecule has 3 heterocycles. The van der Waals surface area contributed by atoms with E-state index in [-0.39, 0.29) is 18.8 Å². The fourth-order valence-electron chi connectivity index (χ4n) is 3.88. The van der Waals surface area contributed by atoms with E-state index in [0.29, 0.717) is 0 Å². The molecule has 2 aromatic rings. The molecule has 2 aliphatic heterocycles. The van der Waals surface area contributed by atoms with Gasteiger partial charge in [-0.05, 0) is 24.0 Å². The van der Waals surface area contributed by atoms with Gasteiger partial charge in [0.2, 0.25) is 0 Å². The van der Waals surface area contributed by atoms with Crippen LogP contribution >= 0.6 is 0 Å². The molecule has 0 saturated carbocycles. The first kappa shape index (κ1) is 15.7. The molecule has 0 unspecified atom stereocenters. The van der Waals surface area contributed by atoms with Gasteiger partial charge in [0.25, 0.3) is 0 Å². The number of hydrogen-bond acceptors (Lipinski definition) is 5. The molecule has 1 N–H and O–H groups in total. The first-order valence-electron chi connectivity index (χ1n) is 8.66. The lowest BCUT2D eigenvalue weighted by Gasteiger charge is -2.23. The monoisotopic (exact) mass is 328 g/mol. The third kappa shape index (κ3) is 2.85. The predicted molar refractivity (Wildman–Crippen MR) is 89.3 cm³/mol. The Hall–Kier alpha value is -1.76. The maximum atomic E-state index is 9.19. The van der Waals surface area contributed by atoms with Crippen LogP contribution in [-0.2, 0) is 30.9 Å². The van der Waals surface area contributed by atoms with Crippen LogP contribution in [0.25, 0.3) is 0 Å². The molecule has 0 radical (unpaired) electrons. The Kier molecular flexibility index (Phi) is 4.35. The highest BCUT2D eigenvalue weighted by Gasteiger charge is 2.37. The van der Waals surface area contributed by atoms with Crippen molar-refractivity contribution >= 4 is 0 Å². The SMILES string of the molecule is CO[C@@H]1C[C@@H](c2nnc3n2CCC3)N(Cc2ccc(CO)cc2)C1. The van der Waals surface area contributed by atoms with E-state index in [1.54, 1.807) is 7.11 Å². The summed E-state index contributed by atoms with van der Waals surface area (Å²) >= 11 is 0. The van der Waals surface area contributed by atoms with Crippen molar-refractivity contribution in [1.29, 1.82) is 0 Å². The molecule has 0 bridgehead atoms. The van der Waals surface area contributed by atoms with E-state index in [2.05, 4.69) is 31.8 Å². The van der Waals surface area contributed by atoms with Gasteiger partial charge < -0.3 is 14.4 Å². The third-order valence-corrected chi connectivity index (χ3v) is 5.23. The van der Waals surface area contributed by atoms with E-state index in [9.17, 15) is 5.11 Å². The number of rotatable bonds is 5. The topological polar surface area (TPSA) is 63.4 Å². The van der Waals surface area contributed by atoms with Crippen molar-refractivity contribution in [2.45, 2.75) is 51.1 Å². The Morgan fingerprint density at radius 1 is 1.21 bits per heavy atom. The van der Waals surface area contributed by atoms with Crippen molar-refractivity contribution in [3.63, 3.8) is 0 Å². The first-order chi connectivity index (χ1) is 11.8. The highest BCUT2D eigenvalue weighted by atomic mass is 16.5. The van der Waals surface area contributed by atoms with E-state index < -0.39 is 0 Å². The van der Waals surface area contributed by atoms with Gasteiger partial charge in [-0.25, -0.2) is 0 Å². The van der Waals surface area contributed by atoms with Crippen molar-refractivity contribution in [1.82, 2.24) is 19.7 Å². The van der Waals surface area contributed by atoms with Crippen LogP contribution in [0.4, 0.5) is 0 Å². The second-order valence-corrected chi connectivity index (χ2v) is 6.74. The highest BCUT2D eigenvalue weighted by Crippen LogP contribution is 2.35. The summed E-state index contributed by atoms with van der Waals surface area (Å²) in [6.07, 6.45) is 3.40. The first-order valence-corrected chi connectivity index (χ1v) is 8.66. The number of nitrogens with zero attached hydrogens (tertiary/aromatic N) is 4. The van der Waals surface area contributed by atoms with Crippen molar-refractivity contribution in [3.8, 4) is 0 Å². The number of fused-ring (bicyclic) bond motifs is 1. The van der Waals surface area contributed by atoms with Gasteiger partial charge in [0.15, 0.2) is 5.82 Å². The molecule has 1 aromatic heterocycles. The standard InChI is InChI=1S/C18H24N4O2/c1-24-15-9-16(18-20-19-17-3-2-8-22(17)18)21(11-15)10-13-4-6-14(12-23)7-5-13/h4-7,15-16,23H,2-3,8-12H2,1H3/t15-,16+/m1/s1. The van der Waals surface area contributed by atoms with E-state index >= 15 is 0 Å². The van der Waals surface area contributed by atoms with Gasteiger partial charge in [-0.3, -0.25) is 4.90 Å². The largest absolute Gasteiger partial charge is 0.392 e. The summed E-state index contributed by atoms with van der Waals surface area (Å²) < 4.78 is 7.93. The van der Waals surface area contributed by atoms with Gasteiger partial charge in [-0.2, -0.15) is 0 Å². The lowest BCUT2D eigenvalue weighted by atomic mass is 10.1. The molecule has 24 heavy (non-hydrogen) atoms. The smallest absolute Gasteiger partial charge is 0.150 e. The van der Waals surface area contributed by atoms with Crippen LogP contribution in [0.1, 0.15) is 41.7 Å². The molecule has 0 aliphatic carbocycles. The highest BCUT2D eigenvalue weighted by molar-refractivity contribution is 5.22. The van der Waals surface area contributed by atoms with Crippen LogP contribution in [-0.4, -0.2) is 44.5 Å². The summed E-state index contributed by atoms with van der Waals surface area (Å²) in [5.74, 6) is 2.21. The lowest BCUT2D eigenvalue weighted by Crippen LogP contribution is -2.26. The molecule has 1 fully saturated rings. The molecule has 1 aromatic carbocycles. The van der Waals surface area contributed by atoms with Crippen LogP contribution < -0.4 is 0 Å². The molecular formula is C18H24N4O2. The van der Waals surface area contributed by atoms with Crippen LogP contribution in [0, 0.1) is 0 Å². The molecular weight excluding hydrogens is 304 g/mol. The minimum atomic E-state index is 0.0875. The molecule has 1 saturated heterocycles. The van der Waals surface area contributed by atoms with Gasteiger partial charge in [-0.15, -0.1) is 10.2 Å².